The van der Waals surface area contributed by atoms with Gasteiger partial charge in [-0.25, -0.2) is 19.2 Å². The van der Waals surface area contributed by atoms with Crippen LogP contribution in [0.2, 0.25) is 0 Å². The highest BCUT2D eigenvalue weighted by atomic mass is 19.1. The molecule has 1 aromatic heterocycles. The summed E-state index contributed by atoms with van der Waals surface area (Å²) < 4.78 is 14.4. The van der Waals surface area contributed by atoms with Gasteiger partial charge in [0.1, 0.15) is 11.9 Å². The van der Waals surface area contributed by atoms with E-state index in [2.05, 4.69) is 15.3 Å². The van der Waals surface area contributed by atoms with Gasteiger partial charge in [0.25, 0.3) is 0 Å². The molecular formula is C15H13FN4O3. The number of halogens is 1. The summed E-state index contributed by atoms with van der Waals surface area (Å²) in [5.74, 6) is -0.662. The molecule has 2 heterocycles. The van der Waals surface area contributed by atoms with Crippen LogP contribution in [0.25, 0.3) is 11.4 Å². The van der Waals surface area contributed by atoms with E-state index in [0.717, 1.165) is 0 Å². The van der Waals surface area contributed by atoms with E-state index < -0.39 is 23.9 Å². The van der Waals surface area contributed by atoms with Crippen molar-refractivity contribution >= 4 is 17.7 Å². The third kappa shape index (κ3) is 2.96. The molecule has 1 saturated heterocycles. The van der Waals surface area contributed by atoms with Gasteiger partial charge in [-0.3, -0.25) is 4.79 Å². The molecule has 1 aliphatic rings. The number of carbonyl (C=O) groups excluding carboxylic acids is 1. The zero-order valence-corrected chi connectivity index (χ0v) is 11.9. The highest BCUT2D eigenvalue weighted by molar-refractivity contribution is 6.01. The second-order valence-corrected chi connectivity index (χ2v) is 5.02. The Balaban J connectivity index is 1.85. The van der Waals surface area contributed by atoms with Gasteiger partial charge in [-0.2, -0.15) is 0 Å². The first-order chi connectivity index (χ1) is 11.1. The summed E-state index contributed by atoms with van der Waals surface area (Å²) in [6.45, 7) is 0.252. The Bertz CT molecular complexity index is 754. The van der Waals surface area contributed by atoms with Crippen LogP contribution < -0.4 is 10.2 Å². The zero-order chi connectivity index (χ0) is 16.4. The summed E-state index contributed by atoms with van der Waals surface area (Å²) in [6.07, 6.45) is 2.14. The van der Waals surface area contributed by atoms with Crippen LogP contribution in [-0.2, 0) is 4.79 Å². The predicted molar refractivity (Wildman–Crippen MR) is 79.3 cm³/mol. The summed E-state index contributed by atoms with van der Waals surface area (Å²) in [5, 5.41) is 10.8. The molecule has 1 fully saturated rings. The summed E-state index contributed by atoms with van der Waals surface area (Å²) >= 11 is 0. The predicted octanol–water partition coefficient (Wildman–Crippen LogP) is 1.66. The first-order valence-corrected chi connectivity index (χ1v) is 6.94. The van der Waals surface area contributed by atoms with Crippen LogP contribution in [0, 0.1) is 5.82 Å². The highest BCUT2D eigenvalue weighted by Crippen LogP contribution is 2.28. The van der Waals surface area contributed by atoms with Crippen LogP contribution in [0.5, 0.6) is 0 Å². The van der Waals surface area contributed by atoms with Gasteiger partial charge >= 0.3 is 6.09 Å². The van der Waals surface area contributed by atoms with Gasteiger partial charge in [0.2, 0.25) is 5.91 Å². The molecule has 0 bridgehead atoms. The Morgan fingerprint density at radius 1 is 1.35 bits per heavy atom. The van der Waals surface area contributed by atoms with Crippen molar-refractivity contribution in [3.63, 3.8) is 0 Å². The standard InChI is InChI=1S/C15H13FN4O3/c16-10-8-9(13-17-5-1-6-18-13)2-3-12(10)20-7-4-11(14(20)21)19-15(22)23/h1-3,5-6,8,11,19H,4,7H2,(H,22,23)/t11-/m0/s1. The minimum absolute atomic E-state index is 0.115. The molecule has 3 rings (SSSR count). The van der Waals surface area contributed by atoms with Crippen molar-refractivity contribution in [3.05, 3.63) is 42.5 Å². The number of anilines is 1. The molecule has 118 valence electrons. The van der Waals surface area contributed by atoms with Gasteiger partial charge in [0.15, 0.2) is 5.82 Å². The third-order valence-electron chi connectivity index (χ3n) is 3.57. The van der Waals surface area contributed by atoms with Crippen LogP contribution in [0.3, 0.4) is 0 Å². The number of amides is 2. The maximum absolute atomic E-state index is 14.4. The van der Waals surface area contributed by atoms with E-state index in [1.165, 1.54) is 17.0 Å². The number of rotatable bonds is 3. The van der Waals surface area contributed by atoms with E-state index >= 15 is 0 Å². The lowest BCUT2D eigenvalue weighted by molar-refractivity contribution is -0.118. The van der Waals surface area contributed by atoms with Crippen molar-refractivity contribution in [3.8, 4) is 11.4 Å². The van der Waals surface area contributed by atoms with Gasteiger partial charge < -0.3 is 15.3 Å². The maximum Gasteiger partial charge on any atom is 0.405 e. The van der Waals surface area contributed by atoms with Crippen LogP contribution in [0.15, 0.2) is 36.7 Å². The van der Waals surface area contributed by atoms with Crippen molar-refractivity contribution in [1.82, 2.24) is 15.3 Å². The molecule has 7 nitrogen and oxygen atoms in total. The minimum atomic E-state index is -1.28. The van der Waals surface area contributed by atoms with Gasteiger partial charge in [-0.1, -0.05) is 0 Å². The lowest BCUT2D eigenvalue weighted by atomic mass is 10.1. The van der Waals surface area contributed by atoms with E-state index in [1.807, 2.05) is 0 Å². The fourth-order valence-corrected chi connectivity index (χ4v) is 2.52. The van der Waals surface area contributed by atoms with E-state index in [9.17, 15) is 14.0 Å². The number of hydrogen-bond acceptors (Lipinski definition) is 4. The molecule has 8 heteroatoms. The Morgan fingerprint density at radius 2 is 2.09 bits per heavy atom. The maximum atomic E-state index is 14.4. The quantitative estimate of drug-likeness (QED) is 0.898. The molecule has 1 aromatic carbocycles. The summed E-state index contributed by atoms with van der Waals surface area (Å²) in [4.78, 5) is 32.1. The number of hydrogen-bond donors (Lipinski definition) is 2. The van der Waals surface area contributed by atoms with E-state index in [0.29, 0.717) is 17.8 Å². The molecule has 1 aliphatic heterocycles. The minimum Gasteiger partial charge on any atom is -0.465 e. The number of carboxylic acid groups (broad SMARTS) is 1. The normalized spacial score (nSPS) is 17.3. The molecule has 0 radical (unpaired) electrons. The number of nitrogens with zero attached hydrogens (tertiary/aromatic N) is 3. The summed E-state index contributed by atoms with van der Waals surface area (Å²) in [7, 11) is 0. The molecule has 1 atom stereocenters. The molecular weight excluding hydrogens is 303 g/mol. The number of nitrogens with one attached hydrogen (secondary N) is 1. The van der Waals surface area contributed by atoms with Gasteiger partial charge in [0, 0.05) is 24.5 Å². The number of benzene rings is 1. The molecule has 0 spiro atoms. The zero-order valence-electron chi connectivity index (χ0n) is 11.9. The topological polar surface area (TPSA) is 95.4 Å². The van der Waals surface area contributed by atoms with Crippen LogP contribution in [0.1, 0.15) is 6.42 Å². The van der Waals surface area contributed by atoms with Crippen molar-refractivity contribution in [2.45, 2.75) is 12.5 Å². The van der Waals surface area contributed by atoms with E-state index in [4.69, 9.17) is 5.11 Å². The van der Waals surface area contributed by atoms with Gasteiger partial charge in [-0.15, -0.1) is 0 Å². The van der Waals surface area contributed by atoms with E-state index in [-0.39, 0.29) is 12.2 Å². The monoisotopic (exact) mass is 316 g/mol. The third-order valence-corrected chi connectivity index (χ3v) is 3.57. The molecule has 0 aliphatic carbocycles. The molecule has 2 amide bonds. The highest BCUT2D eigenvalue weighted by Gasteiger charge is 2.34. The van der Waals surface area contributed by atoms with Crippen molar-refractivity contribution in [1.29, 1.82) is 0 Å². The second kappa shape index (κ2) is 5.99. The molecule has 2 N–H and O–H groups in total. The molecule has 2 aromatic rings. The lowest BCUT2D eigenvalue weighted by Crippen LogP contribution is -2.41. The average Bonchev–Trinajstić information content (AvgIpc) is 2.88. The fourth-order valence-electron chi connectivity index (χ4n) is 2.52. The van der Waals surface area contributed by atoms with Crippen molar-refractivity contribution in [2.75, 3.05) is 11.4 Å². The van der Waals surface area contributed by atoms with Crippen molar-refractivity contribution < 1.29 is 19.1 Å². The van der Waals surface area contributed by atoms with Crippen LogP contribution in [0.4, 0.5) is 14.9 Å². The van der Waals surface area contributed by atoms with Crippen LogP contribution in [-0.4, -0.2) is 39.7 Å². The molecule has 23 heavy (non-hydrogen) atoms. The Hall–Kier alpha value is -3.03. The SMILES string of the molecule is O=C(O)N[C@H]1CCN(c2ccc(-c3ncccn3)cc2F)C1=O. The fraction of sp³-hybridized carbons (Fsp3) is 0.200. The largest absolute Gasteiger partial charge is 0.465 e. The second-order valence-electron chi connectivity index (χ2n) is 5.02. The number of aromatic nitrogens is 2. The lowest BCUT2D eigenvalue weighted by Gasteiger charge is -2.18. The molecule has 0 unspecified atom stereocenters. The Morgan fingerprint density at radius 3 is 2.74 bits per heavy atom. The smallest absolute Gasteiger partial charge is 0.405 e. The molecule has 0 saturated carbocycles. The summed E-state index contributed by atoms with van der Waals surface area (Å²) in [5.41, 5.74) is 0.614. The van der Waals surface area contributed by atoms with Crippen LogP contribution >= 0.6 is 0 Å². The Kier molecular flexibility index (Phi) is 3.88. The van der Waals surface area contributed by atoms with Gasteiger partial charge in [0.05, 0.1) is 5.69 Å². The Labute approximate surface area is 130 Å². The van der Waals surface area contributed by atoms with Gasteiger partial charge in [-0.05, 0) is 30.7 Å². The van der Waals surface area contributed by atoms with E-state index in [1.54, 1.807) is 24.5 Å². The number of carbonyl (C=O) groups is 2. The average molecular weight is 316 g/mol. The first-order valence-electron chi connectivity index (χ1n) is 6.94. The first kappa shape index (κ1) is 14.9. The van der Waals surface area contributed by atoms with Crippen molar-refractivity contribution in [2.24, 2.45) is 0 Å². The summed E-state index contributed by atoms with van der Waals surface area (Å²) in [6, 6.07) is 5.17.